The van der Waals surface area contributed by atoms with Crippen molar-refractivity contribution in [3.8, 4) is 0 Å². The monoisotopic (exact) mass is 429 g/mol. The van der Waals surface area contributed by atoms with E-state index in [-0.39, 0.29) is 11.1 Å². The van der Waals surface area contributed by atoms with Crippen molar-refractivity contribution in [1.29, 1.82) is 5.41 Å². The molecule has 0 aliphatic rings. The second-order valence-corrected chi connectivity index (χ2v) is 8.02. The molecule has 2 aromatic carbocycles. The fourth-order valence-corrected chi connectivity index (χ4v) is 3.45. The number of hydrogen-bond donors (Lipinski definition) is 5. The second kappa shape index (κ2) is 8.36. The molecule has 0 saturated carbocycles. The summed E-state index contributed by atoms with van der Waals surface area (Å²) >= 11 is 0. The molecule has 2 rings (SSSR count). The Morgan fingerprint density at radius 2 is 1.21 bits per heavy atom. The molecule has 0 aromatic heterocycles. The molecule has 10 nitrogen and oxygen atoms in total. The van der Waals surface area contributed by atoms with E-state index in [1.54, 1.807) is 36.4 Å². The predicted molar refractivity (Wildman–Crippen MR) is 97.3 cm³/mol. The van der Waals surface area contributed by atoms with E-state index >= 15 is 0 Å². The summed E-state index contributed by atoms with van der Waals surface area (Å²) < 4.78 is 31.0. The van der Waals surface area contributed by atoms with Gasteiger partial charge in [-0.2, -0.15) is 0 Å². The van der Waals surface area contributed by atoms with Gasteiger partial charge >= 0.3 is 21.6 Å². The standard InChI is InChI=1S/C16H17NO9P2/c17-14(25-27(19,20)21)11-16(12-7-3-1-4-8-12,13-9-5-2-6-10-13)15(18)26-28(22,23)24/h1-10,17H,11H2,(H2,19,20,21)(H2,22,23,24). The van der Waals surface area contributed by atoms with Crippen LogP contribution in [0.1, 0.15) is 17.5 Å². The Balaban J connectivity index is 2.69. The molecular formula is C16H17NO9P2. The fraction of sp³-hybridized carbons (Fsp3) is 0.125. The third kappa shape index (κ3) is 5.59. The number of carbonyl (C=O) groups excluding carboxylic acids is 1. The van der Waals surface area contributed by atoms with Crippen molar-refractivity contribution in [2.45, 2.75) is 11.8 Å². The van der Waals surface area contributed by atoms with Gasteiger partial charge in [0.2, 0.25) is 0 Å². The van der Waals surface area contributed by atoms with Gasteiger partial charge in [-0.1, -0.05) is 60.7 Å². The minimum atomic E-state index is -5.26. The zero-order valence-electron chi connectivity index (χ0n) is 14.2. The van der Waals surface area contributed by atoms with Crippen molar-refractivity contribution in [1.82, 2.24) is 0 Å². The van der Waals surface area contributed by atoms with Gasteiger partial charge < -0.3 is 9.05 Å². The van der Waals surface area contributed by atoms with E-state index in [2.05, 4.69) is 9.05 Å². The number of nitrogens with one attached hydrogen (secondary N) is 1. The largest absolute Gasteiger partial charge is 0.527 e. The van der Waals surface area contributed by atoms with Crippen LogP contribution in [0.4, 0.5) is 0 Å². The molecule has 0 unspecified atom stereocenters. The molecule has 5 N–H and O–H groups in total. The molecule has 0 aliphatic carbocycles. The quantitative estimate of drug-likeness (QED) is 0.251. The number of phosphoric acid groups is 2. The molecule has 0 bridgehead atoms. The number of rotatable bonds is 7. The van der Waals surface area contributed by atoms with Crippen molar-refractivity contribution in [2.75, 3.05) is 0 Å². The highest BCUT2D eigenvalue weighted by Gasteiger charge is 2.48. The molecule has 0 radical (unpaired) electrons. The Labute approximate surface area is 159 Å². The topological polar surface area (TPSA) is 174 Å². The van der Waals surface area contributed by atoms with E-state index in [0.717, 1.165) is 0 Å². The first-order valence-electron chi connectivity index (χ1n) is 7.67. The molecule has 28 heavy (non-hydrogen) atoms. The highest BCUT2D eigenvalue weighted by Crippen LogP contribution is 2.46. The number of hydrogen-bond acceptors (Lipinski definition) is 6. The summed E-state index contributed by atoms with van der Waals surface area (Å²) in [7, 11) is -10.4. The molecule has 0 spiro atoms. The molecule has 0 atom stereocenters. The Morgan fingerprint density at radius 1 is 0.821 bits per heavy atom. The van der Waals surface area contributed by atoms with Crippen LogP contribution < -0.4 is 0 Å². The lowest BCUT2D eigenvalue weighted by Gasteiger charge is -2.32. The third-order valence-corrected chi connectivity index (χ3v) is 4.60. The molecule has 150 valence electrons. The van der Waals surface area contributed by atoms with Crippen molar-refractivity contribution in [3.63, 3.8) is 0 Å². The van der Waals surface area contributed by atoms with Crippen LogP contribution in [-0.4, -0.2) is 31.4 Å². The molecule has 0 amide bonds. The Hall–Kier alpha value is -2.32. The minimum absolute atomic E-state index is 0.179. The molecule has 0 fully saturated rings. The smallest absolute Gasteiger partial charge is 0.390 e. The first-order valence-corrected chi connectivity index (χ1v) is 10.7. The summed E-state index contributed by atoms with van der Waals surface area (Å²) in [5, 5.41) is 7.81. The van der Waals surface area contributed by atoms with Gasteiger partial charge in [-0.15, -0.1) is 0 Å². The fourth-order valence-electron chi connectivity index (χ4n) is 2.73. The van der Waals surface area contributed by atoms with Gasteiger partial charge in [-0.25, -0.2) is 9.13 Å². The number of phosphoric ester groups is 2. The van der Waals surface area contributed by atoms with Crippen LogP contribution in [0.15, 0.2) is 60.7 Å². The molecule has 0 saturated heterocycles. The SMILES string of the molecule is N=C(CC(C(=O)OP(=O)(O)O)(c1ccccc1)c1ccccc1)OP(=O)(O)O. The summed E-state index contributed by atoms with van der Waals surface area (Å²) in [6.07, 6.45) is -0.759. The zero-order valence-corrected chi connectivity index (χ0v) is 16.0. The Kier molecular flexibility index (Phi) is 6.56. The van der Waals surface area contributed by atoms with Crippen LogP contribution in [0.2, 0.25) is 0 Å². The highest BCUT2D eigenvalue weighted by molar-refractivity contribution is 7.47. The van der Waals surface area contributed by atoms with E-state index < -0.39 is 39.3 Å². The third-order valence-electron chi connectivity index (χ3n) is 3.74. The molecular weight excluding hydrogens is 412 g/mol. The van der Waals surface area contributed by atoms with Gasteiger partial charge in [-0.05, 0) is 11.1 Å². The maximum absolute atomic E-state index is 12.9. The van der Waals surface area contributed by atoms with Gasteiger partial charge in [0.1, 0.15) is 5.41 Å². The highest BCUT2D eigenvalue weighted by atomic mass is 31.2. The van der Waals surface area contributed by atoms with Crippen molar-refractivity contribution in [2.24, 2.45) is 0 Å². The van der Waals surface area contributed by atoms with Gasteiger partial charge in [0.15, 0.2) is 5.90 Å². The van der Waals surface area contributed by atoms with E-state index in [9.17, 15) is 13.9 Å². The summed E-state index contributed by atoms with van der Waals surface area (Å²) in [5.74, 6) is -2.37. The molecule has 2 aromatic rings. The summed E-state index contributed by atoms with van der Waals surface area (Å²) in [4.78, 5) is 49.1. The first kappa shape index (κ1) is 22.0. The summed E-state index contributed by atoms with van der Waals surface area (Å²) in [6.45, 7) is 0. The van der Waals surface area contributed by atoms with E-state index in [1.165, 1.54) is 24.3 Å². The summed E-state index contributed by atoms with van der Waals surface area (Å²) in [6, 6.07) is 15.3. The Morgan fingerprint density at radius 3 is 1.57 bits per heavy atom. The normalized spacial score (nSPS) is 12.3. The average Bonchev–Trinajstić information content (AvgIpc) is 2.58. The van der Waals surface area contributed by atoms with Gasteiger partial charge in [0.25, 0.3) is 0 Å². The average molecular weight is 429 g/mol. The molecule has 0 heterocycles. The van der Waals surface area contributed by atoms with E-state index in [1.807, 2.05) is 0 Å². The maximum Gasteiger partial charge on any atom is 0.527 e. The van der Waals surface area contributed by atoms with Crippen LogP contribution in [0.5, 0.6) is 0 Å². The first-order chi connectivity index (χ1) is 12.9. The van der Waals surface area contributed by atoms with Crippen LogP contribution in [0.25, 0.3) is 0 Å². The zero-order chi connectivity index (χ0) is 21.0. The lowest BCUT2D eigenvalue weighted by Crippen LogP contribution is -2.40. The predicted octanol–water partition coefficient (Wildman–Crippen LogP) is 2.09. The number of carbonyl (C=O) groups is 1. The lowest BCUT2D eigenvalue weighted by molar-refractivity contribution is -0.140. The van der Waals surface area contributed by atoms with Crippen molar-refractivity contribution >= 4 is 27.5 Å². The van der Waals surface area contributed by atoms with E-state index in [4.69, 9.17) is 25.0 Å². The number of benzene rings is 2. The van der Waals surface area contributed by atoms with Crippen molar-refractivity contribution in [3.05, 3.63) is 71.8 Å². The maximum atomic E-state index is 12.9. The molecule has 0 aliphatic heterocycles. The van der Waals surface area contributed by atoms with Gasteiger partial charge in [-0.3, -0.25) is 29.8 Å². The second-order valence-electron chi connectivity index (χ2n) is 5.69. The van der Waals surface area contributed by atoms with Crippen molar-refractivity contribution < 1.29 is 42.5 Å². The summed E-state index contributed by atoms with van der Waals surface area (Å²) in [5.41, 5.74) is -1.65. The van der Waals surface area contributed by atoms with Gasteiger partial charge in [0.05, 0.1) is 0 Å². The van der Waals surface area contributed by atoms with Crippen LogP contribution in [0, 0.1) is 5.41 Å². The van der Waals surface area contributed by atoms with Crippen LogP contribution >= 0.6 is 15.6 Å². The minimum Gasteiger partial charge on any atom is -0.390 e. The van der Waals surface area contributed by atoms with Gasteiger partial charge in [0, 0.05) is 6.42 Å². The Bertz CT molecular complexity index is 898. The molecule has 12 heteroatoms. The van der Waals surface area contributed by atoms with E-state index in [0.29, 0.717) is 0 Å². The lowest BCUT2D eigenvalue weighted by atomic mass is 9.72. The van der Waals surface area contributed by atoms with Crippen LogP contribution in [0.3, 0.4) is 0 Å². The van der Waals surface area contributed by atoms with Crippen LogP contribution in [-0.2, 0) is 28.4 Å².